The topological polar surface area (TPSA) is 86.8 Å². The zero-order valence-corrected chi connectivity index (χ0v) is 26.4. The average Bonchev–Trinajstić information content (AvgIpc) is 2.89. The second-order valence-corrected chi connectivity index (χ2v) is 13.6. The van der Waals surface area contributed by atoms with Crippen molar-refractivity contribution in [3.8, 4) is 0 Å². The van der Waals surface area contributed by atoms with Crippen molar-refractivity contribution in [2.24, 2.45) is 0 Å². The van der Waals surface area contributed by atoms with Crippen LogP contribution in [0.1, 0.15) is 56.4 Å². The first-order chi connectivity index (χ1) is 19.1. The predicted molar refractivity (Wildman–Crippen MR) is 166 cm³/mol. The predicted octanol–water partition coefficient (Wildman–Crippen LogP) is 6.18. The number of benzene rings is 3. The number of sulfonamides is 1. The van der Waals surface area contributed by atoms with Crippen molar-refractivity contribution in [2.45, 2.75) is 77.9 Å². The van der Waals surface area contributed by atoms with E-state index in [9.17, 15) is 18.0 Å². The molecule has 0 spiro atoms. The maximum Gasteiger partial charge on any atom is 0.264 e. The monoisotopic (exact) mass is 597 g/mol. The zero-order valence-electron chi connectivity index (χ0n) is 24.9. The Morgan fingerprint density at radius 2 is 1.56 bits per heavy atom. The zero-order chi connectivity index (χ0) is 30.5. The summed E-state index contributed by atoms with van der Waals surface area (Å²) in [7, 11) is -4.13. The van der Waals surface area contributed by atoms with E-state index in [2.05, 4.69) is 5.32 Å². The maximum absolute atomic E-state index is 14.2. The Kier molecular flexibility index (Phi) is 10.3. The Hall–Kier alpha value is -3.36. The van der Waals surface area contributed by atoms with Crippen molar-refractivity contribution in [3.05, 3.63) is 94.0 Å². The number of carbonyl (C=O) groups excluding carboxylic acids is 2. The van der Waals surface area contributed by atoms with Gasteiger partial charge in [-0.15, -0.1) is 0 Å². The molecule has 220 valence electrons. The lowest BCUT2D eigenvalue weighted by molar-refractivity contribution is -0.141. The molecule has 3 aromatic rings. The van der Waals surface area contributed by atoms with E-state index in [0.29, 0.717) is 22.7 Å². The Morgan fingerprint density at radius 1 is 0.927 bits per heavy atom. The fraction of sp³-hybridized carbons (Fsp3) is 0.375. The normalized spacial score (nSPS) is 12.5. The maximum atomic E-state index is 14.2. The van der Waals surface area contributed by atoms with E-state index >= 15 is 0 Å². The number of rotatable bonds is 10. The number of nitrogens with one attached hydrogen (secondary N) is 1. The number of carbonyl (C=O) groups is 2. The summed E-state index contributed by atoms with van der Waals surface area (Å²) >= 11 is 6.46. The van der Waals surface area contributed by atoms with Gasteiger partial charge < -0.3 is 10.2 Å². The highest BCUT2D eigenvalue weighted by Gasteiger charge is 2.35. The average molecular weight is 598 g/mol. The van der Waals surface area contributed by atoms with Gasteiger partial charge in [-0.3, -0.25) is 13.9 Å². The van der Waals surface area contributed by atoms with Crippen LogP contribution in [-0.2, 0) is 26.2 Å². The molecule has 9 heteroatoms. The van der Waals surface area contributed by atoms with Gasteiger partial charge in [0.25, 0.3) is 10.0 Å². The minimum atomic E-state index is -4.13. The lowest BCUT2D eigenvalue weighted by atomic mass is 10.1. The van der Waals surface area contributed by atoms with Crippen LogP contribution in [0.2, 0.25) is 5.02 Å². The van der Waals surface area contributed by atoms with Gasteiger partial charge in [0.2, 0.25) is 11.8 Å². The molecule has 0 saturated carbocycles. The van der Waals surface area contributed by atoms with E-state index < -0.39 is 34.1 Å². The molecule has 41 heavy (non-hydrogen) atoms. The first-order valence-corrected chi connectivity index (χ1v) is 15.5. The van der Waals surface area contributed by atoms with Gasteiger partial charge in [0.05, 0.1) is 10.6 Å². The number of anilines is 1. The van der Waals surface area contributed by atoms with E-state index in [1.165, 1.54) is 17.0 Å². The third-order valence-electron chi connectivity index (χ3n) is 6.85. The molecular formula is C32H40ClN3O4S. The van der Waals surface area contributed by atoms with Crippen LogP contribution in [0.25, 0.3) is 0 Å². The third kappa shape index (κ3) is 8.11. The van der Waals surface area contributed by atoms with Gasteiger partial charge in [-0.1, -0.05) is 60.5 Å². The van der Waals surface area contributed by atoms with Gasteiger partial charge >= 0.3 is 0 Å². The molecule has 3 aromatic carbocycles. The van der Waals surface area contributed by atoms with Crippen molar-refractivity contribution < 1.29 is 18.0 Å². The first-order valence-electron chi connectivity index (χ1n) is 13.7. The van der Waals surface area contributed by atoms with Gasteiger partial charge in [-0.25, -0.2) is 8.42 Å². The number of hydrogen-bond acceptors (Lipinski definition) is 4. The quantitative estimate of drug-likeness (QED) is 0.302. The van der Waals surface area contributed by atoms with Crippen LogP contribution in [0.15, 0.2) is 71.6 Å². The first kappa shape index (κ1) is 32.2. The second-order valence-electron chi connectivity index (χ2n) is 11.4. The van der Waals surface area contributed by atoms with Crippen molar-refractivity contribution in [2.75, 3.05) is 10.8 Å². The van der Waals surface area contributed by atoms with Crippen LogP contribution in [0.4, 0.5) is 5.69 Å². The van der Waals surface area contributed by atoms with E-state index in [0.717, 1.165) is 21.0 Å². The minimum Gasteiger partial charge on any atom is -0.350 e. The summed E-state index contributed by atoms with van der Waals surface area (Å²) in [4.78, 5) is 29.1. The molecule has 0 fully saturated rings. The molecule has 1 unspecified atom stereocenters. The SMILES string of the molecule is CCC(C(=O)NC(C)(C)C)N(Cc1ccccc1Cl)C(=O)CN(c1ccc(C)c(C)c1)S(=O)(=O)c1ccc(C)cc1. The van der Waals surface area contributed by atoms with Crippen molar-refractivity contribution in [1.29, 1.82) is 0 Å². The van der Waals surface area contributed by atoms with Crippen LogP contribution in [0, 0.1) is 20.8 Å². The summed E-state index contributed by atoms with van der Waals surface area (Å²) in [6.45, 7) is 12.7. The molecule has 0 radical (unpaired) electrons. The fourth-order valence-electron chi connectivity index (χ4n) is 4.43. The standard InChI is InChI=1S/C32H40ClN3O4S/c1-8-29(31(38)34-32(5,6)7)35(20-25-11-9-10-12-28(25)33)30(37)21-36(26-16-15-23(3)24(4)19-26)41(39,40)27-17-13-22(2)14-18-27/h9-19,29H,8,20-21H2,1-7H3,(H,34,38). The number of amides is 2. The van der Waals surface area contributed by atoms with Crippen LogP contribution in [0.3, 0.4) is 0 Å². The molecular weight excluding hydrogens is 558 g/mol. The van der Waals surface area contributed by atoms with Crippen molar-refractivity contribution in [3.63, 3.8) is 0 Å². The van der Waals surface area contributed by atoms with Gasteiger partial charge in [0, 0.05) is 17.1 Å². The molecule has 0 aliphatic rings. The Balaban J connectivity index is 2.11. The molecule has 7 nitrogen and oxygen atoms in total. The molecule has 1 atom stereocenters. The Bertz CT molecular complexity index is 1500. The van der Waals surface area contributed by atoms with E-state index in [4.69, 9.17) is 11.6 Å². The van der Waals surface area contributed by atoms with Crippen LogP contribution in [0.5, 0.6) is 0 Å². The van der Waals surface area contributed by atoms with Crippen LogP contribution < -0.4 is 9.62 Å². The lowest BCUT2D eigenvalue weighted by Gasteiger charge is -2.35. The Labute approximate surface area is 249 Å². The van der Waals surface area contributed by atoms with Crippen LogP contribution >= 0.6 is 11.6 Å². The summed E-state index contributed by atoms with van der Waals surface area (Å²) < 4.78 is 29.2. The van der Waals surface area contributed by atoms with Crippen LogP contribution in [-0.4, -0.2) is 43.3 Å². The third-order valence-corrected chi connectivity index (χ3v) is 9.01. The second kappa shape index (κ2) is 13.1. The van der Waals surface area contributed by atoms with E-state index in [1.807, 2.05) is 60.6 Å². The fourth-order valence-corrected chi connectivity index (χ4v) is 6.03. The van der Waals surface area contributed by atoms with E-state index in [-0.39, 0.29) is 17.3 Å². The molecule has 0 aliphatic heterocycles. The van der Waals surface area contributed by atoms with Gasteiger partial charge in [0.15, 0.2) is 0 Å². The number of aryl methyl sites for hydroxylation is 3. The highest BCUT2D eigenvalue weighted by molar-refractivity contribution is 7.92. The molecule has 0 saturated heterocycles. The Morgan fingerprint density at radius 3 is 2.12 bits per heavy atom. The molecule has 0 aliphatic carbocycles. The number of hydrogen-bond donors (Lipinski definition) is 1. The molecule has 2 amide bonds. The molecule has 0 heterocycles. The largest absolute Gasteiger partial charge is 0.350 e. The summed E-state index contributed by atoms with van der Waals surface area (Å²) in [6, 6.07) is 18.1. The molecule has 1 N–H and O–H groups in total. The van der Waals surface area contributed by atoms with E-state index in [1.54, 1.807) is 42.5 Å². The summed E-state index contributed by atoms with van der Waals surface area (Å²) in [5.41, 5.74) is 3.31. The summed E-state index contributed by atoms with van der Waals surface area (Å²) in [6.07, 6.45) is 0.326. The molecule has 0 bridgehead atoms. The summed E-state index contributed by atoms with van der Waals surface area (Å²) in [5.74, 6) is -0.839. The van der Waals surface area contributed by atoms with Crippen molar-refractivity contribution >= 4 is 39.1 Å². The smallest absolute Gasteiger partial charge is 0.264 e. The van der Waals surface area contributed by atoms with Gasteiger partial charge in [0.1, 0.15) is 12.6 Å². The number of halogens is 1. The number of nitrogens with zero attached hydrogens (tertiary/aromatic N) is 2. The summed E-state index contributed by atoms with van der Waals surface area (Å²) in [5, 5.41) is 3.42. The van der Waals surface area contributed by atoms with Gasteiger partial charge in [-0.2, -0.15) is 0 Å². The molecule has 0 aromatic heterocycles. The highest BCUT2D eigenvalue weighted by atomic mass is 35.5. The molecule has 3 rings (SSSR count). The minimum absolute atomic E-state index is 0.0416. The van der Waals surface area contributed by atoms with Gasteiger partial charge in [-0.05, 0) is 95.0 Å². The van der Waals surface area contributed by atoms with Crippen molar-refractivity contribution in [1.82, 2.24) is 10.2 Å². The lowest BCUT2D eigenvalue weighted by Crippen LogP contribution is -2.55. The highest BCUT2D eigenvalue weighted by Crippen LogP contribution is 2.27.